The van der Waals surface area contributed by atoms with Crippen LogP contribution in [0.5, 0.6) is 0 Å². The average Bonchev–Trinajstić information content (AvgIpc) is 2.81. The molecule has 1 aromatic rings. The quantitative estimate of drug-likeness (QED) is 0.850. The van der Waals surface area contributed by atoms with E-state index in [2.05, 4.69) is 36.1 Å². The molecule has 2 rings (SSSR count). The van der Waals surface area contributed by atoms with E-state index in [-0.39, 0.29) is 0 Å². The van der Waals surface area contributed by atoms with Crippen LogP contribution in [0.3, 0.4) is 0 Å². The van der Waals surface area contributed by atoms with E-state index in [1.54, 1.807) is 0 Å². The van der Waals surface area contributed by atoms with Gasteiger partial charge in [0.1, 0.15) is 0 Å². The second-order valence-corrected chi connectivity index (χ2v) is 5.15. The predicted molar refractivity (Wildman–Crippen MR) is 71.1 cm³/mol. The Morgan fingerprint density at radius 2 is 2.06 bits per heavy atom. The lowest BCUT2D eigenvalue weighted by atomic mass is 9.93. The van der Waals surface area contributed by atoms with Gasteiger partial charge in [-0.25, -0.2) is 0 Å². The molecule has 0 unspecified atom stereocenters. The summed E-state index contributed by atoms with van der Waals surface area (Å²) in [5.41, 5.74) is 1.28. The van der Waals surface area contributed by atoms with Gasteiger partial charge in [0.25, 0.3) is 0 Å². The fourth-order valence-electron chi connectivity index (χ4n) is 2.73. The Bertz CT molecular complexity index is 322. The molecule has 0 amide bonds. The highest BCUT2D eigenvalue weighted by Gasteiger charge is 2.15. The first-order valence-electron chi connectivity index (χ1n) is 7.08. The summed E-state index contributed by atoms with van der Waals surface area (Å²) >= 11 is 0. The lowest BCUT2D eigenvalue weighted by Crippen LogP contribution is -2.28. The number of piperidine rings is 1. The second kappa shape index (κ2) is 6.20. The van der Waals surface area contributed by atoms with E-state index >= 15 is 0 Å². The molecule has 1 aliphatic heterocycles. The van der Waals surface area contributed by atoms with Crippen LogP contribution in [-0.2, 0) is 6.42 Å². The van der Waals surface area contributed by atoms with Gasteiger partial charge < -0.3 is 5.32 Å². The number of aromatic nitrogens is 2. The zero-order chi connectivity index (χ0) is 12.1. The first-order valence-corrected chi connectivity index (χ1v) is 7.08. The van der Waals surface area contributed by atoms with Crippen LogP contribution in [0.2, 0.25) is 0 Å². The summed E-state index contributed by atoms with van der Waals surface area (Å²) in [5.74, 6) is 0.835. The van der Waals surface area contributed by atoms with Crippen molar-refractivity contribution in [3.8, 4) is 0 Å². The molecule has 3 nitrogen and oxygen atoms in total. The van der Waals surface area contributed by atoms with Crippen molar-refractivity contribution in [2.24, 2.45) is 5.92 Å². The summed E-state index contributed by atoms with van der Waals surface area (Å²) in [6.45, 7) is 6.83. The molecule has 0 aliphatic carbocycles. The van der Waals surface area contributed by atoms with Crippen molar-refractivity contribution in [1.82, 2.24) is 15.1 Å². The predicted octanol–water partition coefficient (Wildman–Crippen LogP) is 2.79. The van der Waals surface area contributed by atoms with Gasteiger partial charge in [0.05, 0.1) is 11.7 Å². The first-order chi connectivity index (χ1) is 8.33. The lowest BCUT2D eigenvalue weighted by Gasteiger charge is -2.21. The highest BCUT2D eigenvalue weighted by molar-refractivity contribution is 5.01. The number of hydrogen-bond donors (Lipinski definition) is 1. The second-order valence-electron chi connectivity index (χ2n) is 5.15. The van der Waals surface area contributed by atoms with E-state index in [0.29, 0.717) is 6.04 Å². The summed E-state index contributed by atoms with van der Waals surface area (Å²) in [5, 5.41) is 8.16. The topological polar surface area (TPSA) is 29.9 Å². The van der Waals surface area contributed by atoms with Gasteiger partial charge in [-0.2, -0.15) is 5.10 Å². The highest BCUT2D eigenvalue weighted by Crippen LogP contribution is 2.19. The molecule has 0 radical (unpaired) electrons. The van der Waals surface area contributed by atoms with E-state index in [4.69, 9.17) is 5.10 Å². The molecule has 96 valence electrons. The molecule has 17 heavy (non-hydrogen) atoms. The lowest BCUT2D eigenvalue weighted by molar-refractivity contribution is 0.365. The molecule has 3 heteroatoms. The standard InChI is InChI=1S/C14H25N3/c1-3-14(4-2)17-10-7-13(16-17)11-12-5-8-15-9-6-12/h7,10,12,14-15H,3-6,8-9,11H2,1-2H3. The Hall–Kier alpha value is -0.830. The van der Waals surface area contributed by atoms with Gasteiger partial charge in [0, 0.05) is 6.20 Å². The van der Waals surface area contributed by atoms with E-state index in [0.717, 1.165) is 12.3 Å². The maximum Gasteiger partial charge on any atom is 0.0627 e. The third-order valence-corrected chi connectivity index (χ3v) is 3.94. The molecule has 0 saturated carbocycles. The molecule has 2 heterocycles. The van der Waals surface area contributed by atoms with Gasteiger partial charge in [-0.15, -0.1) is 0 Å². The van der Waals surface area contributed by atoms with Gasteiger partial charge in [-0.3, -0.25) is 4.68 Å². The van der Waals surface area contributed by atoms with Crippen LogP contribution in [0.15, 0.2) is 12.3 Å². The van der Waals surface area contributed by atoms with Gasteiger partial charge in [-0.05, 0) is 57.2 Å². The number of hydrogen-bond acceptors (Lipinski definition) is 2. The fraction of sp³-hybridized carbons (Fsp3) is 0.786. The molecule has 0 aromatic carbocycles. The van der Waals surface area contributed by atoms with E-state index in [9.17, 15) is 0 Å². The van der Waals surface area contributed by atoms with Crippen LogP contribution < -0.4 is 5.32 Å². The summed E-state index contributed by atoms with van der Waals surface area (Å²) in [7, 11) is 0. The van der Waals surface area contributed by atoms with Crippen LogP contribution >= 0.6 is 0 Å². The van der Waals surface area contributed by atoms with Crippen molar-refractivity contribution in [2.45, 2.75) is 52.0 Å². The fourth-order valence-corrected chi connectivity index (χ4v) is 2.73. The largest absolute Gasteiger partial charge is 0.317 e. The first kappa shape index (κ1) is 12.6. The van der Waals surface area contributed by atoms with Crippen LogP contribution in [0.4, 0.5) is 0 Å². The SMILES string of the molecule is CCC(CC)n1ccc(CC2CCNCC2)n1. The van der Waals surface area contributed by atoms with E-state index in [1.165, 1.54) is 44.5 Å². The monoisotopic (exact) mass is 235 g/mol. The Kier molecular flexibility index (Phi) is 4.60. The molecular weight excluding hydrogens is 210 g/mol. The Labute approximate surface area is 105 Å². The van der Waals surface area contributed by atoms with Gasteiger partial charge >= 0.3 is 0 Å². The minimum Gasteiger partial charge on any atom is -0.317 e. The third-order valence-electron chi connectivity index (χ3n) is 3.94. The summed E-state index contributed by atoms with van der Waals surface area (Å²) in [6, 6.07) is 2.79. The maximum absolute atomic E-state index is 4.74. The molecule has 1 aliphatic rings. The van der Waals surface area contributed by atoms with Crippen LogP contribution in [-0.4, -0.2) is 22.9 Å². The van der Waals surface area contributed by atoms with Gasteiger partial charge in [0.15, 0.2) is 0 Å². The zero-order valence-electron chi connectivity index (χ0n) is 11.2. The molecule has 0 atom stereocenters. The molecule has 1 saturated heterocycles. The van der Waals surface area contributed by atoms with Crippen LogP contribution in [0, 0.1) is 5.92 Å². The summed E-state index contributed by atoms with van der Waals surface area (Å²) in [4.78, 5) is 0. The van der Waals surface area contributed by atoms with Crippen molar-refractivity contribution in [3.05, 3.63) is 18.0 Å². The molecule has 0 bridgehead atoms. The molecule has 1 fully saturated rings. The smallest absolute Gasteiger partial charge is 0.0627 e. The Morgan fingerprint density at radius 1 is 1.35 bits per heavy atom. The van der Waals surface area contributed by atoms with E-state index < -0.39 is 0 Å². The number of rotatable bonds is 5. The minimum atomic E-state index is 0.580. The number of nitrogens with zero attached hydrogens (tertiary/aromatic N) is 2. The van der Waals surface area contributed by atoms with Gasteiger partial charge in [-0.1, -0.05) is 13.8 Å². The van der Waals surface area contributed by atoms with Crippen molar-refractivity contribution in [2.75, 3.05) is 13.1 Å². The minimum absolute atomic E-state index is 0.580. The normalized spacial score (nSPS) is 17.8. The molecular formula is C14H25N3. The molecule has 0 spiro atoms. The summed E-state index contributed by atoms with van der Waals surface area (Å²) < 4.78 is 2.16. The number of nitrogens with one attached hydrogen (secondary N) is 1. The van der Waals surface area contributed by atoms with Crippen molar-refractivity contribution < 1.29 is 0 Å². The maximum atomic E-state index is 4.74. The summed E-state index contributed by atoms with van der Waals surface area (Å²) in [6.07, 6.45) is 8.27. The average molecular weight is 235 g/mol. The van der Waals surface area contributed by atoms with Crippen molar-refractivity contribution >= 4 is 0 Å². The Morgan fingerprint density at radius 3 is 2.71 bits per heavy atom. The van der Waals surface area contributed by atoms with Crippen molar-refractivity contribution in [1.29, 1.82) is 0 Å². The zero-order valence-corrected chi connectivity index (χ0v) is 11.2. The van der Waals surface area contributed by atoms with Crippen LogP contribution in [0.25, 0.3) is 0 Å². The van der Waals surface area contributed by atoms with E-state index in [1.807, 2.05) is 0 Å². The molecule has 1 N–H and O–H groups in total. The third kappa shape index (κ3) is 3.32. The Balaban J connectivity index is 1.93. The highest BCUT2D eigenvalue weighted by atomic mass is 15.3. The van der Waals surface area contributed by atoms with Gasteiger partial charge in [0.2, 0.25) is 0 Å². The van der Waals surface area contributed by atoms with Crippen LogP contribution in [0.1, 0.15) is 51.3 Å². The van der Waals surface area contributed by atoms with Crippen molar-refractivity contribution in [3.63, 3.8) is 0 Å². The molecule has 1 aromatic heterocycles.